The SMILES string of the molecule is CC(CCCc1ccccc1)CCC(O)C12C(O)CCC(C)(C3CCC45CC6(CCC7(CCCC7)C6)C6CC7(c8ccccc8)CCCCC7c7ccc8cccc(c8c7C64)C5C3)C1C1CC(C)(C#CCCC(=O)O1)C2(O)CCC1=CC(=O)OC1. The molecule has 3 N–H and O–H groups in total. The minimum atomic E-state index is -1.74. The van der Waals surface area contributed by atoms with Gasteiger partial charge >= 0.3 is 11.9 Å². The minimum Gasteiger partial charge on any atom is -0.462 e. The third kappa shape index (κ3) is 8.48. The molecular formula is C78H96O7. The van der Waals surface area contributed by atoms with E-state index in [1.54, 1.807) is 33.7 Å². The van der Waals surface area contributed by atoms with E-state index in [2.05, 4.69) is 117 Å². The second-order valence-electron chi connectivity index (χ2n) is 31.5. The van der Waals surface area contributed by atoms with Crippen molar-refractivity contribution < 1.29 is 34.4 Å². The first-order valence-electron chi connectivity index (χ1n) is 34.4. The molecular weight excluding hydrogens is 1050 g/mol. The molecule has 11 aliphatic rings. The van der Waals surface area contributed by atoms with Crippen LogP contribution in [0, 0.1) is 68.0 Å². The van der Waals surface area contributed by atoms with Crippen LogP contribution in [0.3, 0.4) is 0 Å². The van der Waals surface area contributed by atoms with Crippen LogP contribution >= 0.6 is 0 Å². The van der Waals surface area contributed by atoms with Crippen molar-refractivity contribution in [3.8, 4) is 11.8 Å². The lowest BCUT2D eigenvalue weighted by atomic mass is 9.34. The first kappa shape index (κ1) is 56.7. The topological polar surface area (TPSA) is 113 Å². The van der Waals surface area contributed by atoms with Crippen molar-refractivity contribution in [3.63, 3.8) is 0 Å². The van der Waals surface area contributed by atoms with Gasteiger partial charge in [-0.3, -0.25) is 4.79 Å². The fourth-order valence-corrected chi connectivity index (χ4v) is 24.4. The van der Waals surface area contributed by atoms with Crippen LogP contribution in [0.25, 0.3) is 10.8 Å². The summed E-state index contributed by atoms with van der Waals surface area (Å²) in [6.45, 7) is 6.95. The Morgan fingerprint density at radius 3 is 2.35 bits per heavy atom. The van der Waals surface area contributed by atoms with Gasteiger partial charge in [0.05, 0.1) is 35.1 Å². The van der Waals surface area contributed by atoms with Crippen LogP contribution in [0.4, 0.5) is 0 Å². The lowest BCUT2D eigenvalue weighted by molar-refractivity contribution is -0.339. The zero-order chi connectivity index (χ0) is 58.2. The van der Waals surface area contributed by atoms with Crippen molar-refractivity contribution in [2.24, 2.45) is 56.2 Å². The second-order valence-corrected chi connectivity index (χ2v) is 31.5. The van der Waals surface area contributed by atoms with E-state index in [0.29, 0.717) is 67.6 Å². The molecule has 17 atom stereocenters. The Balaban J connectivity index is 0.870. The van der Waals surface area contributed by atoms with E-state index in [-0.39, 0.29) is 59.5 Å². The zero-order valence-electron chi connectivity index (χ0n) is 51.5. The number of fused-ring (bicyclic) bond motifs is 8. The fraction of sp³-hybridized carbons (Fsp3) is 0.641. The molecule has 0 saturated heterocycles. The molecule has 0 amide bonds. The normalized spacial score (nSPS) is 40.8. The van der Waals surface area contributed by atoms with Gasteiger partial charge in [-0.05, 0) is 237 Å². The largest absolute Gasteiger partial charge is 0.462 e. The molecule has 2 heterocycles. The molecule has 3 spiro atoms. The molecule has 7 saturated carbocycles. The van der Waals surface area contributed by atoms with Crippen molar-refractivity contribution in [2.45, 2.75) is 248 Å². The summed E-state index contributed by atoms with van der Waals surface area (Å²) in [5.41, 5.74) is 4.64. The highest BCUT2D eigenvalue weighted by molar-refractivity contribution is 5.93. The summed E-state index contributed by atoms with van der Waals surface area (Å²) in [5.74, 6) is 8.06. The fourth-order valence-electron chi connectivity index (χ4n) is 24.4. The van der Waals surface area contributed by atoms with E-state index >= 15 is 0 Å². The monoisotopic (exact) mass is 1140 g/mol. The summed E-state index contributed by atoms with van der Waals surface area (Å²) < 4.78 is 12.5. The molecule has 0 radical (unpaired) electrons. The van der Waals surface area contributed by atoms with E-state index in [9.17, 15) is 24.9 Å². The van der Waals surface area contributed by atoms with Crippen LogP contribution in [0.2, 0.25) is 0 Å². The third-order valence-electron chi connectivity index (χ3n) is 27.8. The number of hydrogen-bond acceptors (Lipinski definition) is 7. The second kappa shape index (κ2) is 20.9. The molecule has 15 rings (SSSR count). The zero-order valence-corrected chi connectivity index (χ0v) is 51.5. The Kier molecular flexibility index (Phi) is 14.0. The van der Waals surface area contributed by atoms with Crippen LogP contribution < -0.4 is 0 Å². The number of esters is 2. The van der Waals surface area contributed by atoms with Crippen molar-refractivity contribution in [3.05, 3.63) is 130 Å². The van der Waals surface area contributed by atoms with Crippen molar-refractivity contribution in [2.75, 3.05) is 6.61 Å². The van der Waals surface area contributed by atoms with Gasteiger partial charge in [0.2, 0.25) is 0 Å². The molecule has 2 aliphatic heterocycles. The molecule has 7 fully saturated rings. The molecule has 17 unspecified atom stereocenters. The number of carbonyl (C=O) groups excluding carboxylic acids is 2. The van der Waals surface area contributed by atoms with Crippen molar-refractivity contribution >= 4 is 22.7 Å². The number of hydrogen-bond donors (Lipinski definition) is 3. The number of benzene rings is 4. The first-order chi connectivity index (χ1) is 41.1. The number of rotatable bonds is 13. The smallest absolute Gasteiger partial charge is 0.331 e. The van der Waals surface area contributed by atoms with Crippen LogP contribution in [0.5, 0.6) is 0 Å². The van der Waals surface area contributed by atoms with Gasteiger partial charge in [0.25, 0.3) is 0 Å². The summed E-state index contributed by atoms with van der Waals surface area (Å²) in [4.78, 5) is 27.1. The van der Waals surface area contributed by atoms with E-state index in [1.165, 1.54) is 94.4 Å². The highest BCUT2D eigenvalue weighted by atomic mass is 16.5. The van der Waals surface area contributed by atoms with Crippen LogP contribution in [0.15, 0.2) is 103 Å². The molecule has 7 heteroatoms. The number of carbonyl (C=O) groups is 2. The predicted molar refractivity (Wildman–Crippen MR) is 334 cm³/mol. The summed E-state index contributed by atoms with van der Waals surface area (Å²) >= 11 is 0. The standard InChI is InChI=1S/C78H96O7/c1-51(18-16-21-52-19-6-4-7-20-52)28-31-63(79)78-64(80)34-39-72(3,70(78)62-47-71(2,35-12-11-27-65(81)85-62)77(78,83)41-32-53-44-66(82)84-48-53)56-33-40-76-50-74(43-42-73(49-74)36-14-15-37-73)61-46-75(55-23-8-5-9-24-55)38-13-10-26-59(75)58-30-29-54-22-17-25-57(60(76)45-56)67(54)68(58)69(61)76/h4-9,17,19-20,22-25,29-30,44,51,56,59-64,69-70,79-80,83H,10-11,13-16,18,21,26-28,31-34,36-43,45-50H2,1-3H3. The minimum absolute atomic E-state index is 0.0758. The van der Waals surface area contributed by atoms with Crippen molar-refractivity contribution in [1.82, 2.24) is 0 Å². The average molecular weight is 1150 g/mol. The lowest BCUT2D eigenvalue weighted by Crippen LogP contribution is -2.79. The number of aliphatic hydroxyl groups excluding tert-OH is 2. The lowest BCUT2D eigenvalue weighted by Gasteiger charge is -2.72. The highest BCUT2D eigenvalue weighted by Crippen LogP contribution is 2.83. The molecule has 450 valence electrons. The number of cyclic esters (lactones) is 1. The van der Waals surface area contributed by atoms with Crippen LogP contribution in [-0.2, 0) is 30.9 Å². The Morgan fingerprint density at radius 1 is 0.753 bits per heavy atom. The van der Waals surface area contributed by atoms with E-state index in [4.69, 9.17) is 9.47 Å². The molecule has 2 bridgehead atoms. The van der Waals surface area contributed by atoms with Gasteiger partial charge in [-0.2, -0.15) is 0 Å². The molecule has 0 aromatic heterocycles. The van der Waals surface area contributed by atoms with E-state index in [0.717, 1.165) is 50.5 Å². The predicted octanol–water partition coefficient (Wildman–Crippen LogP) is 16.2. The third-order valence-corrected chi connectivity index (χ3v) is 27.8. The summed E-state index contributed by atoms with van der Waals surface area (Å²) in [6, 6.07) is 35.1. The highest BCUT2D eigenvalue weighted by Gasteiger charge is 2.79. The Morgan fingerprint density at radius 2 is 1.55 bits per heavy atom. The van der Waals surface area contributed by atoms with Gasteiger partial charge in [-0.15, -0.1) is 5.92 Å². The average Bonchev–Trinajstić information content (AvgIpc) is 1.67. The molecule has 7 nitrogen and oxygen atoms in total. The van der Waals surface area contributed by atoms with Gasteiger partial charge < -0.3 is 24.8 Å². The van der Waals surface area contributed by atoms with Crippen LogP contribution in [-0.4, -0.2) is 57.8 Å². The quantitative estimate of drug-likeness (QED) is 0.0903. The van der Waals surface area contributed by atoms with Gasteiger partial charge in [-0.25, -0.2) is 4.79 Å². The van der Waals surface area contributed by atoms with Gasteiger partial charge in [-0.1, -0.05) is 143 Å². The molecule has 85 heavy (non-hydrogen) atoms. The van der Waals surface area contributed by atoms with E-state index < -0.39 is 46.1 Å². The maximum Gasteiger partial charge on any atom is 0.331 e. The van der Waals surface area contributed by atoms with E-state index in [1.807, 2.05) is 6.92 Å². The Hall–Kier alpha value is -4.74. The Bertz CT molecular complexity index is 3330. The van der Waals surface area contributed by atoms with Gasteiger partial charge in [0.1, 0.15) is 12.7 Å². The first-order valence-corrected chi connectivity index (χ1v) is 34.4. The maximum absolute atomic E-state index is 14.8. The molecule has 9 aliphatic carbocycles. The number of aliphatic hydroxyl groups is 3. The Labute approximate surface area is 507 Å². The summed E-state index contributed by atoms with van der Waals surface area (Å²) in [6.07, 6.45) is 25.8. The molecule has 4 aromatic carbocycles. The van der Waals surface area contributed by atoms with Crippen LogP contribution in [0.1, 0.15) is 240 Å². The number of ether oxygens (including phenoxy) is 2. The van der Waals surface area contributed by atoms with Gasteiger partial charge in [0, 0.05) is 30.3 Å². The summed E-state index contributed by atoms with van der Waals surface area (Å²) in [5, 5.41) is 45.3. The summed E-state index contributed by atoms with van der Waals surface area (Å²) in [7, 11) is 0. The van der Waals surface area contributed by atoms with Crippen molar-refractivity contribution in [1.29, 1.82) is 0 Å². The number of aryl methyl sites for hydroxylation is 1. The molecule has 4 aromatic rings. The van der Waals surface area contributed by atoms with Gasteiger partial charge in [0.15, 0.2) is 0 Å². The maximum atomic E-state index is 14.8.